The van der Waals surface area contributed by atoms with Gasteiger partial charge in [-0.15, -0.1) is 24.0 Å². The van der Waals surface area contributed by atoms with Gasteiger partial charge in [0, 0.05) is 58.6 Å². The highest BCUT2D eigenvalue weighted by Gasteiger charge is 2.20. The van der Waals surface area contributed by atoms with Crippen molar-refractivity contribution < 1.29 is 9.13 Å². The van der Waals surface area contributed by atoms with Crippen molar-refractivity contribution in [3.05, 3.63) is 59.5 Å². The lowest BCUT2D eigenvalue weighted by atomic mass is 10.1. The highest BCUT2D eigenvalue weighted by atomic mass is 127. The molecule has 2 aromatic rings. The molecule has 0 atom stereocenters. The van der Waals surface area contributed by atoms with E-state index in [1.807, 2.05) is 30.5 Å². The lowest BCUT2D eigenvalue weighted by molar-refractivity contribution is 0.181. The minimum atomic E-state index is -0.240. The number of ether oxygens (including phenoxy) is 1. The quantitative estimate of drug-likeness (QED) is 0.390. The van der Waals surface area contributed by atoms with Crippen LogP contribution in [0, 0.1) is 5.82 Å². The Balaban J connectivity index is 0.00000280. The fourth-order valence-corrected chi connectivity index (χ4v) is 3.21. The van der Waals surface area contributed by atoms with E-state index < -0.39 is 0 Å². The highest BCUT2D eigenvalue weighted by Crippen LogP contribution is 2.14. The van der Waals surface area contributed by atoms with Gasteiger partial charge in [0.1, 0.15) is 11.6 Å². The standard InChI is InChI=1S/C20H26FN5O.HI/c1-22-20(24-14-16-6-7-18(21)17(13-16)15-27-2)26-11-9-25(10-12-26)19-5-3-4-8-23-19;/h3-8,13H,9-12,14-15H2,1-2H3,(H,22,24);1H. The first-order valence-corrected chi connectivity index (χ1v) is 9.09. The summed E-state index contributed by atoms with van der Waals surface area (Å²) in [7, 11) is 3.35. The number of aromatic nitrogens is 1. The molecule has 1 aliphatic heterocycles. The molecule has 1 aliphatic rings. The van der Waals surface area contributed by atoms with Crippen LogP contribution in [0.1, 0.15) is 11.1 Å². The van der Waals surface area contributed by atoms with E-state index in [2.05, 4.69) is 25.1 Å². The predicted octanol–water partition coefficient (Wildman–Crippen LogP) is 2.88. The van der Waals surface area contributed by atoms with Gasteiger partial charge in [0.15, 0.2) is 5.96 Å². The number of hydrogen-bond donors (Lipinski definition) is 1. The maximum Gasteiger partial charge on any atom is 0.194 e. The van der Waals surface area contributed by atoms with Gasteiger partial charge in [-0.2, -0.15) is 0 Å². The van der Waals surface area contributed by atoms with Gasteiger partial charge in [0.25, 0.3) is 0 Å². The number of aliphatic imine (C=N–C) groups is 1. The fraction of sp³-hybridized carbons (Fsp3) is 0.400. The number of hydrogen-bond acceptors (Lipinski definition) is 4. The molecule has 3 rings (SSSR count). The van der Waals surface area contributed by atoms with Crippen molar-refractivity contribution in [1.82, 2.24) is 15.2 Å². The Hall–Kier alpha value is -1.94. The van der Waals surface area contributed by atoms with Crippen LogP contribution in [0.3, 0.4) is 0 Å². The van der Waals surface area contributed by atoms with Crippen LogP contribution < -0.4 is 10.2 Å². The monoisotopic (exact) mass is 499 g/mol. The summed E-state index contributed by atoms with van der Waals surface area (Å²) in [6.07, 6.45) is 1.82. The zero-order valence-electron chi connectivity index (χ0n) is 16.3. The van der Waals surface area contributed by atoms with Crippen molar-refractivity contribution in [2.75, 3.05) is 45.2 Å². The smallest absolute Gasteiger partial charge is 0.194 e. The summed E-state index contributed by atoms with van der Waals surface area (Å²) in [6.45, 7) is 4.38. The van der Waals surface area contributed by atoms with Gasteiger partial charge in [-0.1, -0.05) is 12.1 Å². The Bertz CT molecular complexity index is 766. The summed E-state index contributed by atoms with van der Waals surface area (Å²) in [6, 6.07) is 11.1. The van der Waals surface area contributed by atoms with E-state index in [9.17, 15) is 4.39 Å². The lowest BCUT2D eigenvalue weighted by Gasteiger charge is -2.37. The van der Waals surface area contributed by atoms with E-state index in [1.54, 1.807) is 20.2 Å². The molecular weight excluding hydrogens is 472 g/mol. The minimum absolute atomic E-state index is 0. The molecule has 1 aromatic carbocycles. The van der Waals surface area contributed by atoms with Gasteiger partial charge < -0.3 is 19.9 Å². The third-order valence-corrected chi connectivity index (χ3v) is 4.62. The van der Waals surface area contributed by atoms with Gasteiger partial charge in [-0.05, 0) is 29.8 Å². The highest BCUT2D eigenvalue weighted by molar-refractivity contribution is 14.0. The first-order chi connectivity index (χ1) is 13.2. The maximum absolute atomic E-state index is 13.7. The third kappa shape index (κ3) is 5.78. The van der Waals surface area contributed by atoms with Crippen LogP contribution in [0.5, 0.6) is 0 Å². The Labute approximate surface area is 182 Å². The van der Waals surface area contributed by atoms with Crippen molar-refractivity contribution in [3.8, 4) is 0 Å². The third-order valence-electron chi connectivity index (χ3n) is 4.62. The van der Waals surface area contributed by atoms with Gasteiger partial charge in [-0.3, -0.25) is 4.99 Å². The Morgan fingerprint density at radius 1 is 1.21 bits per heavy atom. The zero-order chi connectivity index (χ0) is 19.1. The molecule has 0 aliphatic carbocycles. The molecule has 0 spiro atoms. The molecule has 0 unspecified atom stereocenters. The second-order valence-corrected chi connectivity index (χ2v) is 6.42. The van der Waals surface area contributed by atoms with Crippen molar-refractivity contribution >= 4 is 35.8 Å². The number of rotatable bonds is 5. The van der Waals surface area contributed by atoms with E-state index in [0.29, 0.717) is 12.1 Å². The lowest BCUT2D eigenvalue weighted by Crippen LogP contribution is -2.52. The van der Waals surface area contributed by atoms with Gasteiger partial charge >= 0.3 is 0 Å². The average Bonchev–Trinajstić information content (AvgIpc) is 2.72. The SMILES string of the molecule is CN=C(NCc1ccc(F)c(COC)c1)N1CCN(c2ccccn2)CC1.I. The normalized spacial score (nSPS) is 14.6. The Morgan fingerprint density at radius 2 is 2.00 bits per heavy atom. The molecule has 0 bridgehead atoms. The van der Waals surface area contributed by atoms with Crippen LogP contribution in [0.2, 0.25) is 0 Å². The first kappa shape index (κ1) is 22.4. The van der Waals surface area contributed by atoms with Crippen molar-refractivity contribution in [2.45, 2.75) is 13.2 Å². The van der Waals surface area contributed by atoms with Crippen LogP contribution in [0.4, 0.5) is 10.2 Å². The van der Waals surface area contributed by atoms with Gasteiger partial charge in [0.05, 0.1) is 6.61 Å². The number of pyridine rings is 1. The van der Waals surface area contributed by atoms with Gasteiger partial charge in [0.2, 0.25) is 0 Å². The summed E-state index contributed by atoms with van der Waals surface area (Å²) in [5.41, 5.74) is 1.56. The number of halogens is 2. The molecule has 1 aromatic heterocycles. The predicted molar refractivity (Wildman–Crippen MR) is 121 cm³/mol. The Kier molecular flexibility index (Phi) is 8.91. The molecule has 6 nitrogen and oxygen atoms in total. The van der Waals surface area contributed by atoms with Crippen molar-refractivity contribution in [2.24, 2.45) is 4.99 Å². The average molecular weight is 499 g/mol. The molecule has 28 heavy (non-hydrogen) atoms. The molecule has 8 heteroatoms. The van der Waals surface area contributed by atoms with Crippen LogP contribution in [0.25, 0.3) is 0 Å². The topological polar surface area (TPSA) is 53.0 Å². The molecule has 0 amide bonds. The second-order valence-electron chi connectivity index (χ2n) is 6.42. The van der Waals surface area contributed by atoms with Gasteiger partial charge in [-0.25, -0.2) is 9.37 Å². The molecule has 2 heterocycles. The molecule has 1 saturated heterocycles. The van der Waals surface area contributed by atoms with E-state index >= 15 is 0 Å². The molecule has 152 valence electrons. The second kappa shape index (κ2) is 11.2. The van der Waals surface area contributed by atoms with E-state index in [0.717, 1.165) is 43.5 Å². The fourth-order valence-electron chi connectivity index (χ4n) is 3.21. The number of guanidine groups is 1. The minimum Gasteiger partial charge on any atom is -0.380 e. The number of benzene rings is 1. The van der Waals surface area contributed by atoms with Crippen LogP contribution >= 0.6 is 24.0 Å². The summed E-state index contributed by atoms with van der Waals surface area (Å²) in [4.78, 5) is 13.3. The zero-order valence-corrected chi connectivity index (χ0v) is 18.6. The van der Waals surface area contributed by atoms with E-state index in [-0.39, 0.29) is 36.4 Å². The number of anilines is 1. The van der Waals surface area contributed by atoms with Crippen molar-refractivity contribution in [3.63, 3.8) is 0 Å². The summed E-state index contributed by atoms with van der Waals surface area (Å²) >= 11 is 0. The molecular formula is C20H27FIN5O. The summed E-state index contributed by atoms with van der Waals surface area (Å²) in [5, 5.41) is 3.38. The molecule has 1 fully saturated rings. The number of piperazine rings is 1. The van der Waals surface area contributed by atoms with Crippen LogP contribution in [-0.2, 0) is 17.9 Å². The van der Waals surface area contributed by atoms with E-state index in [1.165, 1.54) is 6.07 Å². The summed E-state index contributed by atoms with van der Waals surface area (Å²) < 4.78 is 18.8. The molecule has 1 N–H and O–H groups in total. The van der Waals surface area contributed by atoms with Crippen molar-refractivity contribution in [1.29, 1.82) is 0 Å². The number of nitrogens with zero attached hydrogens (tertiary/aromatic N) is 4. The van der Waals surface area contributed by atoms with Crippen LogP contribution in [-0.4, -0.2) is 56.2 Å². The maximum atomic E-state index is 13.7. The molecule has 0 saturated carbocycles. The van der Waals surface area contributed by atoms with Crippen LogP contribution in [0.15, 0.2) is 47.6 Å². The summed E-state index contributed by atoms with van der Waals surface area (Å²) in [5.74, 6) is 1.63. The number of methoxy groups -OCH3 is 1. The number of nitrogens with one attached hydrogen (secondary N) is 1. The first-order valence-electron chi connectivity index (χ1n) is 9.09. The Morgan fingerprint density at radius 3 is 2.64 bits per heavy atom. The largest absolute Gasteiger partial charge is 0.380 e. The molecule has 0 radical (unpaired) electrons. The van der Waals surface area contributed by atoms with E-state index in [4.69, 9.17) is 4.74 Å².